The fourth-order valence-electron chi connectivity index (χ4n) is 0.0991. The van der Waals surface area contributed by atoms with Crippen molar-refractivity contribution in [2.75, 3.05) is 6.61 Å². The normalized spacial score (nSPS) is 13.6. The van der Waals surface area contributed by atoms with E-state index in [1.807, 2.05) is 6.92 Å². The fourth-order valence-corrected chi connectivity index (χ4v) is 0.296. The van der Waals surface area contributed by atoms with Crippen molar-refractivity contribution in [2.24, 2.45) is 5.92 Å². The Morgan fingerprint density at radius 3 is 2.43 bits per heavy atom. The molecular formula is C5H9IO. The third kappa shape index (κ3) is 3.05. The van der Waals surface area contributed by atoms with Gasteiger partial charge in [-0.3, -0.25) is 0 Å². The highest BCUT2D eigenvalue weighted by Gasteiger charge is 1.97. The summed E-state index contributed by atoms with van der Waals surface area (Å²) in [5, 5.41) is 8.44. The third-order valence-electron chi connectivity index (χ3n) is 0.809. The molecule has 0 aliphatic heterocycles. The third-order valence-corrected chi connectivity index (χ3v) is 1.87. The Bertz CT molecular complexity index is 70.5. The highest BCUT2D eigenvalue weighted by atomic mass is 127. The van der Waals surface area contributed by atoms with Crippen LogP contribution >= 0.6 is 22.6 Å². The molecule has 0 rings (SSSR count). The van der Waals surface area contributed by atoms with Crippen molar-refractivity contribution in [2.45, 2.75) is 6.92 Å². The van der Waals surface area contributed by atoms with Crippen LogP contribution in [0, 0.1) is 5.92 Å². The molecule has 0 saturated carbocycles. The Balaban J connectivity index is 3.34. The summed E-state index contributed by atoms with van der Waals surface area (Å²) in [6.07, 6.45) is 0. The molecule has 0 aromatic carbocycles. The van der Waals surface area contributed by atoms with Crippen molar-refractivity contribution in [3.05, 3.63) is 10.2 Å². The molecule has 0 fully saturated rings. The minimum Gasteiger partial charge on any atom is -0.396 e. The minimum atomic E-state index is 0.210. The van der Waals surface area contributed by atoms with Crippen LogP contribution in [0.2, 0.25) is 0 Å². The molecule has 7 heavy (non-hydrogen) atoms. The summed E-state index contributed by atoms with van der Waals surface area (Å²) in [5.41, 5.74) is 0. The van der Waals surface area contributed by atoms with E-state index < -0.39 is 0 Å². The van der Waals surface area contributed by atoms with Gasteiger partial charge in [0, 0.05) is 5.92 Å². The van der Waals surface area contributed by atoms with Crippen molar-refractivity contribution in [1.29, 1.82) is 0 Å². The second-order valence-corrected chi connectivity index (χ2v) is 2.92. The zero-order valence-electron chi connectivity index (χ0n) is 4.32. The second kappa shape index (κ2) is 3.43. The second-order valence-electron chi connectivity index (χ2n) is 1.53. The molecule has 0 aliphatic carbocycles. The van der Waals surface area contributed by atoms with Gasteiger partial charge in [0.25, 0.3) is 0 Å². The quantitative estimate of drug-likeness (QED) is 0.688. The van der Waals surface area contributed by atoms with Gasteiger partial charge in [-0.25, -0.2) is 0 Å². The molecule has 0 heterocycles. The van der Waals surface area contributed by atoms with Gasteiger partial charge in [0.1, 0.15) is 0 Å². The summed E-state index contributed by atoms with van der Waals surface area (Å²) in [4.78, 5) is 0. The van der Waals surface area contributed by atoms with Crippen LogP contribution in [0.1, 0.15) is 6.92 Å². The van der Waals surface area contributed by atoms with E-state index in [1.165, 1.54) is 0 Å². The van der Waals surface area contributed by atoms with Gasteiger partial charge in [-0.1, -0.05) is 13.5 Å². The summed E-state index contributed by atoms with van der Waals surface area (Å²) in [6.45, 7) is 5.80. The Kier molecular flexibility index (Phi) is 3.65. The molecular weight excluding hydrogens is 203 g/mol. The maximum Gasteiger partial charge on any atom is 0.0501 e. The fraction of sp³-hybridized carbons (Fsp3) is 0.600. The van der Waals surface area contributed by atoms with Crippen LogP contribution in [-0.4, -0.2) is 11.7 Å². The van der Waals surface area contributed by atoms with Crippen LogP contribution in [-0.2, 0) is 0 Å². The summed E-state index contributed by atoms with van der Waals surface area (Å²) in [6, 6.07) is 0. The number of hydrogen-bond acceptors (Lipinski definition) is 1. The predicted octanol–water partition coefficient (Wildman–Crippen LogP) is 1.56. The van der Waals surface area contributed by atoms with E-state index in [4.69, 9.17) is 5.11 Å². The van der Waals surface area contributed by atoms with E-state index in [1.54, 1.807) is 0 Å². The van der Waals surface area contributed by atoms with Crippen molar-refractivity contribution < 1.29 is 5.11 Å². The Morgan fingerprint density at radius 2 is 2.43 bits per heavy atom. The number of hydrogen-bond donors (Lipinski definition) is 1. The molecule has 1 atom stereocenters. The molecule has 0 aliphatic rings. The zero-order valence-corrected chi connectivity index (χ0v) is 6.47. The summed E-state index contributed by atoms with van der Waals surface area (Å²) in [5.74, 6) is 0.251. The van der Waals surface area contributed by atoms with Crippen LogP contribution in [0.4, 0.5) is 0 Å². The van der Waals surface area contributed by atoms with E-state index in [0.29, 0.717) is 0 Å². The Morgan fingerprint density at radius 1 is 2.00 bits per heavy atom. The molecule has 0 aromatic heterocycles. The standard InChI is InChI=1S/C5H9IO/c1-4(3-7)5(2)6/h4,7H,2-3H2,1H3/t4-/m1/s1. The van der Waals surface area contributed by atoms with Crippen molar-refractivity contribution in [3.63, 3.8) is 0 Å². The van der Waals surface area contributed by atoms with Gasteiger partial charge >= 0.3 is 0 Å². The van der Waals surface area contributed by atoms with Gasteiger partial charge in [0.05, 0.1) is 6.61 Å². The Labute approximate surface area is 57.6 Å². The lowest BCUT2D eigenvalue weighted by molar-refractivity contribution is 0.261. The number of aliphatic hydroxyl groups excluding tert-OH is 1. The van der Waals surface area contributed by atoms with E-state index in [9.17, 15) is 0 Å². The predicted molar refractivity (Wildman–Crippen MR) is 39.4 cm³/mol. The maximum atomic E-state index is 8.44. The first-order chi connectivity index (χ1) is 3.18. The number of halogens is 1. The van der Waals surface area contributed by atoms with Gasteiger partial charge in [0.15, 0.2) is 0 Å². The average molecular weight is 212 g/mol. The minimum absolute atomic E-state index is 0.210. The lowest BCUT2D eigenvalue weighted by Crippen LogP contribution is -1.97. The molecule has 0 unspecified atom stereocenters. The molecule has 0 amide bonds. The zero-order chi connectivity index (χ0) is 5.86. The smallest absolute Gasteiger partial charge is 0.0501 e. The monoisotopic (exact) mass is 212 g/mol. The van der Waals surface area contributed by atoms with Gasteiger partial charge in [-0.05, 0) is 26.2 Å². The first-order valence-electron chi connectivity index (χ1n) is 2.13. The molecule has 0 aromatic rings. The topological polar surface area (TPSA) is 20.2 Å². The van der Waals surface area contributed by atoms with Gasteiger partial charge in [0.2, 0.25) is 0 Å². The number of rotatable bonds is 2. The molecule has 1 N–H and O–H groups in total. The van der Waals surface area contributed by atoms with Gasteiger partial charge in [-0.2, -0.15) is 0 Å². The van der Waals surface area contributed by atoms with Crippen LogP contribution in [0.15, 0.2) is 10.2 Å². The summed E-state index contributed by atoms with van der Waals surface area (Å²) in [7, 11) is 0. The van der Waals surface area contributed by atoms with Gasteiger partial charge in [-0.15, -0.1) is 0 Å². The molecule has 42 valence electrons. The maximum absolute atomic E-state index is 8.44. The molecule has 1 nitrogen and oxygen atoms in total. The Hall–Kier alpha value is 0.430. The lowest BCUT2D eigenvalue weighted by Gasteiger charge is -2.01. The molecule has 0 saturated heterocycles. The van der Waals surface area contributed by atoms with E-state index in [2.05, 4.69) is 29.2 Å². The SMILES string of the molecule is C=C(I)[C@H](C)CO. The largest absolute Gasteiger partial charge is 0.396 e. The van der Waals surface area contributed by atoms with Gasteiger partial charge < -0.3 is 5.11 Å². The first-order valence-corrected chi connectivity index (χ1v) is 3.21. The highest BCUT2D eigenvalue weighted by molar-refractivity contribution is 14.1. The highest BCUT2D eigenvalue weighted by Crippen LogP contribution is 2.13. The molecule has 2 heteroatoms. The van der Waals surface area contributed by atoms with Crippen LogP contribution in [0.3, 0.4) is 0 Å². The summed E-state index contributed by atoms with van der Waals surface area (Å²) < 4.78 is 1.01. The van der Waals surface area contributed by atoms with Crippen LogP contribution in [0.5, 0.6) is 0 Å². The number of aliphatic hydroxyl groups is 1. The van der Waals surface area contributed by atoms with Crippen molar-refractivity contribution in [3.8, 4) is 0 Å². The molecule has 0 bridgehead atoms. The van der Waals surface area contributed by atoms with Crippen LogP contribution < -0.4 is 0 Å². The first kappa shape index (κ1) is 7.43. The lowest BCUT2D eigenvalue weighted by atomic mass is 10.2. The van der Waals surface area contributed by atoms with E-state index in [0.717, 1.165) is 3.58 Å². The average Bonchev–Trinajstić information content (AvgIpc) is 1.65. The van der Waals surface area contributed by atoms with Crippen LogP contribution in [0.25, 0.3) is 0 Å². The summed E-state index contributed by atoms with van der Waals surface area (Å²) >= 11 is 2.11. The van der Waals surface area contributed by atoms with E-state index in [-0.39, 0.29) is 12.5 Å². The van der Waals surface area contributed by atoms with Crippen molar-refractivity contribution >= 4 is 22.6 Å². The van der Waals surface area contributed by atoms with E-state index >= 15 is 0 Å². The van der Waals surface area contributed by atoms with Crippen molar-refractivity contribution in [1.82, 2.24) is 0 Å². The molecule has 0 spiro atoms. The molecule has 0 radical (unpaired) electrons.